The minimum atomic E-state index is -0.708. The van der Waals surface area contributed by atoms with E-state index in [9.17, 15) is 18.8 Å². The highest BCUT2D eigenvalue weighted by molar-refractivity contribution is 5.97. The predicted octanol–water partition coefficient (Wildman–Crippen LogP) is 1.32. The summed E-state index contributed by atoms with van der Waals surface area (Å²) in [6, 6.07) is 4.32. The van der Waals surface area contributed by atoms with Crippen LogP contribution in [-0.2, 0) is 9.59 Å². The molecule has 6 nitrogen and oxygen atoms in total. The lowest BCUT2D eigenvalue weighted by atomic mass is 10.0. The monoisotopic (exact) mass is 349 g/mol. The Morgan fingerprint density at radius 2 is 1.88 bits per heavy atom. The fourth-order valence-corrected chi connectivity index (χ4v) is 2.78. The summed E-state index contributed by atoms with van der Waals surface area (Å²) in [7, 11) is 1.71. The van der Waals surface area contributed by atoms with Gasteiger partial charge in [-0.05, 0) is 36.6 Å². The molecule has 7 heteroatoms. The summed E-state index contributed by atoms with van der Waals surface area (Å²) in [6.07, 6.45) is 0.987. The summed E-state index contributed by atoms with van der Waals surface area (Å²) in [5.41, 5.74) is 0.294. The molecule has 136 valence electrons. The van der Waals surface area contributed by atoms with Crippen LogP contribution >= 0.6 is 0 Å². The Labute approximate surface area is 146 Å². The average molecular weight is 349 g/mol. The molecule has 1 aromatic rings. The van der Waals surface area contributed by atoms with Gasteiger partial charge >= 0.3 is 0 Å². The summed E-state index contributed by atoms with van der Waals surface area (Å²) in [6.45, 7) is 4.14. The quantitative estimate of drug-likeness (QED) is 0.841. The zero-order valence-electron chi connectivity index (χ0n) is 14.7. The summed E-state index contributed by atoms with van der Waals surface area (Å²) in [4.78, 5) is 38.0. The molecule has 0 aliphatic carbocycles. The van der Waals surface area contributed by atoms with Gasteiger partial charge in [-0.2, -0.15) is 0 Å². The van der Waals surface area contributed by atoms with Crippen LogP contribution in [0.5, 0.6) is 0 Å². The van der Waals surface area contributed by atoms with Crippen LogP contribution in [-0.4, -0.2) is 48.3 Å². The van der Waals surface area contributed by atoms with Crippen LogP contribution in [0.15, 0.2) is 24.3 Å². The first kappa shape index (κ1) is 18.9. The third kappa shape index (κ3) is 5.01. The fraction of sp³-hybridized carbons (Fsp3) is 0.500. The predicted molar refractivity (Wildman–Crippen MR) is 91.3 cm³/mol. The number of hydrogen-bond acceptors (Lipinski definition) is 3. The number of carbonyl (C=O) groups is 3. The average Bonchev–Trinajstić information content (AvgIpc) is 2.56. The van der Waals surface area contributed by atoms with Gasteiger partial charge in [0.25, 0.3) is 5.91 Å². The van der Waals surface area contributed by atoms with Crippen LogP contribution < -0.4 is 10.6 Å². The molecule has 3 amide bonds. The summed E-state index contributed by atoms with van der Waals surface area (Å²) >= 11 is 0. The molecule has 1 aliphatic heterocycles. The van der Waals surface area contributed by atoms with Crippen LogP contribution in [0.2, 0.25) is 0 Å². The van der Waals surface area contributed by atoms with Crippen molar-refractivity contribution in [2.24, 2.45) is 5.92 Å². The maximum absolute atomic E-state index is 13.0. The Morgan fingerprint density at radius 1 is 1.24 bits per heavy atom. The highest BCUT2D eigenvalue weighted by Gasteiger charge is 2.29. The van der Waals surface area contributed by atoms with Crippen molar-refractivity contribution in [3.8, 4) is 0 Å². The Balaban J connectivity index is 1.99. The van der Waals surface area contributed by atoms with E-state index in [2.05, 4.69) is 10.6 Å². The molecule has 1 heterocycles. The van der Waals surface area contributed by atoms with Crippen LogP contribution in [0.4, 0.5) is 4.39 Å². The number of rotatable bonds is 5. The summed E-state index contributed by atoms with van der Waals surface area (Å²) in [5, 5.41) is 5.62. The van der Waals surface area contributed by atoms with E-state index in [4.69, 9.17) is 0 Å². The molecular weight excluding hydrogens is 325 g/mol. The van der Waals surface area contributed by atoms with E-state index in [1.165, 1.54) is 24.3 Å². The summed E-state index contributed by atoms with van der Waals surface area (Å²) in [5.74, 6) is -1.18. The number of halogens is 1. The van der Waals surface area contributed by atoms with Gasteiger partial charge in [0.1, 0.15) is 11.9 Å². The van der Waals surface area contributed by atoms with Crippen molar-refractivity contribution in [1.82, 2.24) is 15.5 Å². The molecule has 0 radical (unpaired) electrons. The number of piperidine rings is 1. The molecular formula is C18H24FN3O3. The number of likely N-dealkylation sites (tertiary alicyclic amines) is 1. The first-order chi connectivity index (χ1) is 11.8. The molecule has 2 unspecified atom stereocenters. The zero-order valence-corrected chi connectivity index (χ0v) is 14.7. The lowest BCUT2D eigenvalue weighted by Gasteiger charge is -2.32. The van der Waals surface area contributed by atoms with Crippen LogP contribution in [0, 0.1) is 11.7 Å². The third-order valence-corrected chi connectivity index (χ3v) is 4.32. The Morgan fingerprint density at radius 3 is 2.44 bits per heavy atom. The zero-order chi connectivity index (χ0) is 18.6. The molecule has 1 saturated heterocycles. The van der Waals surface area contributed by atoms with Crippen molar-refractivity contribution >= 4 is 17.7 Å². The second-order valence-electron chi connectivity index (χ2n) is 6.72. The SMILES string of the molecule is CC(C)C(NC(=O)c1ccc(F)cc1)C(=O)NC1CCC(=O)N(C)C1. The minimum Gasteiger partial charge on any atom is -0.350 e. The largest absolute Gasteiger partial charge is 0.350 e. The van der Waals surface area contributed by atoms with Gasteiger partial charge in [0.15, 0.2) is 0 Å². The number of nitrogens with one attached hydrogen (secondary N) is 2. The molecule has 1 aromatic carbocycles. The van der Waals surface area contributed by atoms with Gasteiger partial charge in [0.05, 0.1) is 0 Å². The van der Waals surface area contributed by atoms with Crippen molar-refractivity contribution in [2.75, 3.05) is 13.6 Å². The van der Waals surface area contributed by atoms with E-state index >= 15 is 0 Å². The topological polar surface area (TPSA) is 78.5 Å². The molecule has 0 spiro atoms. The first-order valence-corrected chi connectivity index (χ1v) is 8.38. The van der Waals surface area contributed by atoms with E-state index in [-0.39, 0.29) is 23.8 Å². The van der Waals surface area contributed by atoms with E-state index in [0.29, 0.717) is 24.9 Å². The van der Waals surface area contributed by atoms with Crippen LogP contribution in [0.25, 0.3) is 0 Å². The molecule has 0 saturated carbocycles. The van der Waals surface area contributed by atoms with E-state index < -0.39 is 17.8 Å². The molecule has 0 aromatic heterocycles. The highest BCUT2D eigenvalue weighted by Crippen LogP contribution is 2.12. The van der Waals surface area contributed by atoms with Crippen molar-refractivity contribution < 1.29 is 18.8 Å². The number of amides is 3. The van der Waals surface area contributed by atoms with Crippen molar-refractivity contribution in [3.05, 3.63) is 35.6 Å². The second-order valence-corrected chi connectivity index (χ2v) is 6.72. The Kier molecular flexibility index (Phi) is 6.12. The van der Waals surface area contributed by atoms with Crippen LogP contribution in [0.1, 0.15) is 37.0 Å². The lowest BCUT2D eigenvalue weighted by molar-refractivity contribution is -0.134. The van der Waals surface area contributed by atoms with Gasteiger partial charge < -0.3 is 15.5 Å². The number of carbonyl (C=O) groups excluding carboxylic acids is 3. The number of nitrogens with zero attached hydrogens (tertiary/aromatic N) is 1. The highest BCUT2D eigenvalue weighted by atomic mass is 19.1. The van der Waals surface area contributed by atoms with E-state index in [0.717, 1.165) is 0 Å². The minimum absolute atomic E-state index is 0.0653. The van der Waals surface area contributed by atoms with Gasteiger partial charge in [-0.1, -0.05) is 13.8 Å². The van der Waals surface area contributed by atoms with Gasteiger partial charge in [0.2, 0.25) is 11.8 Å². The van der Waals surface area contributed by atoms with Gasteiger partial charge in [-0.25, -0.2) is 4.39 Å². The van der Waals surface area contributed by atoms with E-state index in [1.807, 2.05) is 13.8 Å². The normalized spacial score (nSPS) is 18.8. The maximum Gasteiger partial charge on any atom is 0.251 e. The van der Waals surface area contributed by atoms with Crippen molar-refractivity contribution in [3.63, 3.8) is 0 Å². The molecule has 1 aliphatic rings. The van der Waals surface area contributed by atoms with Gasteiger partial charge in [0, 0.05) is 31.6 Å². The first-order valence-electron chi connectivity index (χ1n) is 8.38. The molecule has 2 atom stereocenters. The number of likely N-dealkylation sites (N-methyl/N-ethyl adjacent to an activating group) is 1. The maximum atomic E-state index is 13.0. The Hall–Kier alpha value is -2.44. The van der Waals surface area contributed by atoms with Crippen molar-refractivity contribution in [1.29, 1.82) is 0 Å². The van der Waals surface area contributed by atoms with Crippen molar-refractivity contribution in [2.45, 2.75) is 38.8 Å². The van der Waals surface area contributed by atoms with Gasteiger partial charge in [-0.3, -0.25) is 14.4 Å². The molecule has 25 heavy (non-hydrogen) atoms. The second kappa shape index (κ2) is 8.09. The third-order valence-electron chi connectivity index (χ3n) is 4.32. The van der Waals surface area contributed by atoms with Gasteiger partial charge in [-0.15, -0.1) is 0 Å². The molecule has 2 N–H and O–H groups in total. The number of benzene rings is 1. The summed E-state index contributed by atoms with van der Waals surface area (Å²) < 4.78 is 13.0. The molecule has 1 fully saturated rings. The fourth-order valence-electron chi connectivity index (χ4n) is 2.78. The Bertz CT molecular complexity index is 645. The smallest absolute Gasteiger partial charge is 0.251 e. The molecule has 0 bridgehead atoms. The lowest BCUT2D eigenvalue weighted by Crippen LogP contribution is -2.55. The molecule has 2 rings (SSSR count). The van der Waals surface area contributed by atoms with E-state index in [1.54, 1.807) is 11.9 Å². The van der Waals surface area contributed by atoms with Crippen LogP contribution in [0.3, 0.4) is 0 Å². The standard InChI is InChI=1S/C18H24FN3O3/c1-11(2)16(21-17(24)12-4-6-13(19)7-5-12)18(25)20-14-8-9-15(23)22(3)10-14/h4-7,11,14,16H,8-10H2,1-3H3,(H,20,25)(H,21,24). The number of hydrogen-bond donors (Lipinski definition) is 2.